The van der Waals surface area contributed by atoms with Gasteiger partial charge in [0, 0.05) is 30.9 Å². The first-order valence-electron chi connectivity index (χ1n) is 7.58. The predicted octanol–water partition coefficient (Wildman–Crippen LogP) is 3.11. The van der Waals surface area contributed by atoms with Gasteiger partial charge in [-0.25, -0.2) is 9.97 Å². The van der Waals surface area contributed by atoms with E-state index in [-0.39, 0.29) is 6.04 Å². The quantitative estimate of drug-likeness (QED) is 0.739. The minimum atomic E-state index is 0.286. The fourth-order valence-electron chi connectivity index (χ4n) is 3.11. The average molecular weight is 326 g/mol. The van der Waals surface area contributed by atoms with E-state index in [2.05, 4.69) is 49.2 Å². The molecule has 0 bridgehead atoms. The second-order valence-electron chi connectivity index (χ2n) is 5.67. The van der Waals surface area contributed by atoms with Crippen LogP contribution in [0, 0.1) is 0 Å². The molecule has 0 radical (unpaired) electrons. The van der Waals surface area contributed by atoms with E-state index < -0.39 is 0 Å². The SMILES string of the molecule is COc1cccc(C2Cn3ccnc3CN2Cc2cscn2)c1. The number of rotatable bonds is 4. The summed E-state index contributed by atoms with van der Waals surface area (Å²) in [5.74, 6) is 2.01. The van der Waals surface area contributed by atoms with E-state index in [1.807, 2.05) is 17.8 Å². The van der Waals surface area contributed by atoms with Crippen molar-refractivity contribution in [2.24, 2.45) is 0 Å². The summed E-state index contributed by atoms with van der Waals surface area (Å²) in [6.07, 6.45) is 3.94. The molecule has 1 aromatic carbocycles. The highest BCUT2D eigenvalue weighted by Crippen LogP contribution is 2.32. The number of benzene rings is 1. The molecule has 0 amide bonds. The van der Waals surface area contributed by atoms with Gasteiger partial charge in [0.25, 0.3) is 0 Å². The molecule has 3 heterocycles. The Morgan fingerprint density at radius 2 is 2.30 bits per heavy atom. The first kappa shape index (κ1) is 14.4. The summed E-state index contributed by atoms with van der Waals surface area (Å²) in [4.78, 5) is 11.4. The van der Waals surface area contributed by atoms with Crippen LogP contribution < -0.4 is 4.74 Å². The van der Waals surface area contributed by atoms with Crippen LogP contribution in [0.4, 0.5) is 0 Å². The molecule has 118 valence electrons. The van der Waals surface area contributed by atoms with E-state index in [9.17, 15) is 0 Å². The Hall–Kier alpha value is -2.18. The van der Waals surface area contributed by atoms with Gasteiger partial charge in [-0.15, -0.1) is 11.3 Å². The molecule has 0 fully saturated rings. The van der Waals surface area contributed by atoms with Crippen LogP contribution in [0.25, 0.3) is 0 Å². The smallest absolute Gasteiger partial charge is 0.122 e. The highest BCUT2D eigenvalue weighted by atomic mass is 32.1. The van der Waals surface area contributed by atoms with E-state index in [1.165, 1.54) is 5.56 Å². The Morgan fingerprint density at radius 3 is 3.13 bits per heavy atom. The molecule has 1 aliphatic rings. The van der Waals surface area contributed by atoms with Crippen LogP contribution in [0.1, 0.15) is 23.1 Å². The Balaban J connectivity index is 1.68. The van der Waals surface area contributed by atoms with Crippen molar-refractivity contribution in [1.82, 2.24) is 19.4 Å². The van der Waals surface area contributed by atoms with Crippen molar-refractivity contribution in [3.8, 4) is 5.75 Å². The number of imidazole rings is 1. The Bertz CT molecular complexity index is 784. The molecule has 1 atom stereocenters. The molecule has 4 rings (SSSR count). The standard InChI is InChI=1S/C17H18N4OS/c1-22-15-4-2-3-13(7-15)16-9-20-6-5-18-17(20)10-21(16)8-14-11-23-12-19-14/h2-7,11-12,16H,8-10H2,1H3. The summed E-state index contributed by atoms with van der Waals surface area (Å²) >= 11 is 1.64. The summed E-state index contributed by atoms with van der Waals surface area (Å²) in [7, 11) is 1.71. The summed E-state index contributed by atoms with van der Waals surface area (Å²) in [5, 5.41) is 2.11. The van der Waals surface area contributed by atoms with E-state index >= 15 is 0 Å². The van der Waals surface area contributed by atoms with Crippen molar-refractivity contribution in [1.29, 1.82) is 0 Å². The molecular weight excluding hydrogens is 308 g/mol. The summed E-state index contributed by atoms with van der Waals surface area (Å²) in [5.41, 5.74) is 4.27. The van der Waals surface area contributed by atoms with Gasteiger partial charge < -0.3 is 9.30 Å². The third-order valence-corrected chi connectivity index (χ3v) is 4.92. The van der Waals surface area contributed by atoms with Crippen LogP contribution in [0.5, 0.6) is 5.75 Å². The zero-order valence-electron chi connectivity index (χ0n) is 12.9. The van der Waals surface area contributed by atoms with Crippen molar-refractivity contribution >= 4 is 11.3 Å². The van der Waals surface area contributed by atoms with Gasteiger partial charge in [-0.05, 0) is 17.7 Å². The van der Waals surface area contributed by atoms with Gasteiger partial charge in [0.2, 0.25) is 0 Å². The van der Waals surface area contributed by atoms with Gasteiger partial charge in [0.1, 0.15) is 11.6 Å². The molecule has 3 aromatic rings. The minimum absolute atomic E-state index is 0.286. The Kier molecular flexibility index (Phi) is 3.85. The lowest BCUT2D eigenvalue weighted by molar-refractivity contribution is 0.127. The number of ether oxygens (including phenoxy) is 1. The van der Waals surface area contributed by atoms with Gasteiger partial charge >= 0.3 is 0 Å². The number of methoxy groups -OCH3 is 1. The molecule has 23 heavy (non-hydrogen) atoms. The number of fused-ring (bicyclic) bond motifs is 1. The molecule has 0 saturated heterocycles. The number of thiazole rings is 1. The average Bonchev–Trinajstić information content (AvgIpc) is 3.25. The molecule has 0 N–H and O–H groups in total. The van der Waals surface area contributed by atoms with E-state index in [0.717, 1.165) is 36.9 Å². The molecule has 6 heteroatoms. The summed E-state index contributed by atoms with van der Waals surface area (Å²) in [6, 6.07) is 8.62. The topological polar surface area (TPSA) is 43.2 Å². The van der Waals surface area contributed by atoms with Crippen LogP contribution in [-0.4, -0.2) is 26.5 Å². The number of hydrogen-bond acceptors (Lipinski definition) is 5. The molecular formula is C17H18N4OS. The second kappa shape index (κ2) is 6.14. The zero-order valence-corrected chi connectivity index (χ0v) is 13.7. The third-order valence-electron chi connectivity index (χ3n) is 4.28. The van der Waals surface area contributed by atoms with Gasteiger partial charge in [-0.2, -0.15) is 0 Å². The molecule has 1 aliphatic heterocycles. The predicted molar refractivity (Wildman–Crippen MR) is 89.3 cm³/mol. The first-order valence-corrected chi connectivity index (χ1v) is 8.53. The van der Waals surface area contributed by atoms with Crippen molar-refractivity contribution in [3.05, 3.63) is 64.6 Å². The van der Waals surface area contributed by atoms with Crippen LogP contribution in [0.2, 0.25) is 0 Å². The third kappa shape index (κ3) is 2.87. The van der Waals surface area contributed by atoms with Crippen LogP contribution in [-0.2, 0) is 19.6 Å². The molecule has 5 nitrogen and oxygen atoms in total. The lowest BCUT2D eigenvalue weighted by atomic mass is 10.0. The molecule has 1 unspecified atom stereocenters. The maximum absolute atomic E-state index is 5.39. The normalized spacial score (nSPS) is 17.9. The molecule has 0 spiro atoms. The van der Waals surface area contributed by atoms with Crippen molar-refractivity contribution in [2.45, 2.75) is 25.7 Å². The molecule has 2 aromatic heterocycles. The van der Waals surface area contributed by atoms with Gasteiger partial charge in [-0.3, -0.25) is 4.90 Å². The maximum Gasteiger partial charge on any atom is 0.122 e. The number of nitrogens with zero attached hydrogens (tertiary/aromatic N) is 4. The van der Waals surface area contributed by atoms with E-state index in [0.29, 0.717) is 0 Å². The fraction of sp³-hybridized carbons (Fsp3) is 0.294. The van der Waals surface area contributed by atoms with Crippen molar-refractivity contribution < 1.29 is 4.74 Å². The van der Waals surface area contributed by atoms with Crippen molar-refractivity contribution in [2.75, 3.05) is 7.11 Å². The largest absolute Gasteiger partial charge is 0.497 e. The van der Waals surface area contributed by atoms with Crippen LogP contribution in [0.15, 0.2) is 47.5 Å². The molecule has 0 aliphatic carbocycles. The fourth-order valence-corrected chi connectivity index (χ4v) is 3.66. The zero-order chi connectivity index (χ0) is 15.6. The monoisotopic (exact) mass is 326 g/mol. The summed E-state index contributed by atoms with van der Waals surface area (Å²) in [6.45, 7) is 2.55. The Labute approximate surface area is 139 Å². The van der Waals surface area contributed by atoms with Gasteiger partial charge in [0.15, 0.2) is 0 Å². The highest BCUT2D eigenvalue weighted by molar-refractivity contribution is 7.07. The van der Waals surface area contributed by atoms with Gasteiger partial charge in [-0.1, -0.05) is 12.1 Å². The van der Waals surface area contributed by atoms with Crippen LogP contribution in [0.3, 0.4) is 0 Å². The lowest BCUT2D eigenvalue weighted by Crippen LogP contribution is -2.36. The van der Waals surface area contributed by atoms with E-state index in [4.69, 9.17) is 4.74 Å². The highest BCUT2D eigenvalue weighted by Gasteiger charge is 2.28. The Morgan fingerprint density at radius 1 is 1.35 bits per heavy atom. The van der Waals surface area contributed by atoms with Crippen molar-refractivity contribution in [3.63, 3.8) is 0 Å². The molecule has 0 saturated carbocycles. The van der Waals surface area contributed by atoms with E-state index in [1.54, 1.807) is 18.4 Å². The van der Waals surface area contributed by atoms with Gasteiger partial charge in [0.05, 0.1) is 30.9 Å². The number of aromatic nitrogens is 3. The lowest BCUT2D eigenvalue weighted by Gasteiger charge is -2.36. The second-order valence-corrected chi connectivity index (χ2v) is 6.39. The number of hydrogen-bond donors (Lipinski definition) is 0. The first-order chi connectivity index (χ1) is 11.3. The summed E-state index contributed by atoms with van der Waals surface area (Å²) < 4.78 is 7.63. The minimum Gasteiger partial charge on any atom is -0.497 e. The maximum atomic E-state index is 5.39. The van der Waals surface area contributed by atoms with Crippen LogP contribution >= 0.6 is 11.3 Å².